The maximum Gasteiger partial charge on any atom is 0.340 e. The number of nitrogens with zero attached hydrogens (tertiary/aromatic N) is 2. The van der Waals surface area contributed by atoms with Crippen molar-refractivity contribution in [1.82, 2.24) is 14.8 Å². The van der Waals surface area contributed by atoms with Crippen molar-refractivity contribution in [3.05, 3.63) is 40.2 Å². The van der Waals surface area contributed by atoms with Gasteiger partial charge in [-0.05, 0) is 57.1 Å². The molecule has 0 bridgehead atoms. The van der Waals surface area contributed by atoms with Crippen LogP contribution in [0.4, 0.5) is 0 Å². The molecule has 154 valence electrons. The van der Waals surface area contributed by atoms with E-state index in [1.165, 1.54) is 19.3 Å². The molecule has 8 heteroatoms. The molecule has 1 aliphatic rings. The molecule has 1 aliphatic carbocycles. The zero-order valence-electron chi connectivity index (χ0n) is 16.7. The molecule has 0 amide bonds. The number of H-pyrrole nitrogens is 1. The molecule has 0 aliphatic heterocycles. The Morgan fingerprint density at radius 1 is 1.34 bits per heavy atom. The van der Waals surface area contributed by atoms with Gasteiger partial charge in [-0.3, -0.25) is 0 Å². The first-order valence-electron chi connectivity index (χ1n) is 10.1. The van der Waals surface area contributed by atoms with E-state index in [1.54, 1.807) is 0 Å². The summed E-state index contributed by atoms with van der Waals surface area (Å²) in [5.74, 6) is 0.712. The van der Waals surface area contributed by atoms with Crippen LogP contribution >= 0.6 is 12.2 Å². The van der Waals surface area contributed by atoms with E-state index in [0.717, 1.165) is 29.4 Å². The second-order valence-corrected chi connectivity index (χ2v) is 7.69. The van der Waals surface area contributed by atoms with Crippen molar-refractivity contribution in [3.63, 3.8) is 0 Å². The molecule has 0 radical (unpaired) electrons. The molecule has 1 aromatic carbocycles. The van der Waals surface area contributed by atoms with Gasteiger partial charge in [0.2, 0.25) is 0 Å². The van der Waals surface area contributed by atoms with E-state index >= 15 is 0 Å². The summed E-state index contributed by atoms with van der Waals surface area (Å²) >= 11 is 4.88. The van der Waals surface area contributed by atoms with Gasteiger partial charge in [0, 0.05) is 22.6 Å². The molecule has 0 spiro atoms. The van der Waals surface area contributed by atoms with Crippen LogP contribution in [0.25, 0.3) is 10.9 Å². The number of carbonyl (C=O) groups is 1. The Morgan fingerprint density at radius 3 is 2.83 bits per heavy atom. The third-order valence-corrected chi connectivity index (χ3v) is 5.66. The maximum atomic E-state index is 12.8. The van der Waals surface area contributed by atoms with E-state index in [2.05, 4.69) is 14.8 Å². The second kappa shape index (κ2) is 8.41. The van der Waals surface area contributed by atoms with E-state index in [1.807, 2.05) is 32.0 Å². The fourth-order valence-corrected chi connectivity index (χ4v) is 4.39. The average molecular weight is 416 g/mol. The quantitative estimate of drug-likeness (QED) is 0.437. The summed E-state index contributed by atoms with van der Waals surface area (Å²) in [5.41, 5.74) is 2.62. The minimum absolute atomic E-state index is 0.149. The maximum absolute atomic E-state index is 12.8. The highest BCUT2D eigenvalue weighted by molar-refractivity contribution is 7.71. The van der Waals surface area contributed by atoms with Gasteiger partial charge in [0.1, 0.15) is 5.75 Å². The second-order valence-electron chi connectivity index (χ2n) is 7.32. The van der Waals surface area contributed by atoms with E-state index in [-0.39, 0.29) is 17.4 Å². The number of benzene rings is 1. The summed E-state index contributed by atoms with van der Waals surface area (Å²) in [6.45, 7) is 4.32. The van der Waals surface area contributed by atoms with Crippen LogP contribution in [0.5, 0.6) is 5.75 Å². The average Bonchev–Trinajstić information content (AvgIpc) is 3.26. The van der Waals surface area contributed by atoms with Crippen molar-refractivity contribution in [2.24, 2.45) is 0 Å². The largest absolute Gasteiger partial charge is 0.484 e. The van der Waals surface area contributed by atoms with Gasteiger partial charge in [-0.15, -0.1) is 5.10 Å². The van der Waals surface area contributed by atoms with Crippen LogP contribution < -0.4 is 4.74 Å². The van der Waals surface area contributed by atoms with Gasteiger partial charge in [-0.2, -0.15) is 0 Å². The van der Waals surface area contributed by atoms with Crippen LogP contribution in [-0.2, 0) is 11.3 Å². The Balaban J connectivity index is 1.73. The van der Waals surface area contributed by atoms with Gasteiger partial charge in [0.25, 0.3) is 10.7 Å². The molecular formula is C21H25N3O4S. The Kier molecular flexibility index (Phi) is 5.71. The molecule has 1 N–H and O–H groups in total. The molecule has 7 nitrogen and oxygen atoms in total. The fourth-order valence-electron chi connectivity index (χ4n) is 4.25. The SMILES string of the molecule is CCOC(=O)c1c(C)n(C2CCCCC2)c2ccc(OCc3n[nH]c(=S)o3)cc12. The summed E-state index contributed by atoms with van der Waals surface area (Å²) in [5, 5.41) is 7.37. The standard InChI is InChI=1S/C21H25N3O4S/c1-3-26-20(25)19-13(2)24(14-7-5-4-6-8-14)17-10-9-15(11-16(17)19)27-12-18-22-23-21(29)28-18/h9-11,14H,3-8,12H2,1-2H3,(H,23,29). The predicted octanol–water partition coefficient (Wildman–Crippen LogP) is 5.26. The van der Waals surface area contributed by atoms with Gasteiger partial charge in [-0.25, -0.2) is 9.89 Å². The molecule has 4 rings (SSSR count). The van der Waals surface area contributed by atoms with Crippen LogP contribution in [0.3, 0.4) is 0 Å². The van der Waals surface area contributed by atoms with Crippen molar-refractivity contribution in [1.29, 1.82) is 0 Å². The third-order valence-electron chi connectivity index (χ3n) is 5.48. The molecule has 2 heterocycles. The minimum Gasteiger partial charge on any atom is -0.484 e. The lowest BCUT2D eigenvalue weighted by molar-refractivity contribution is 0.0527. The van der Waals surface area contributed by atoms with Crippen LogP contribution in [0.2, 0.25) is 0 Å². The van der Waals surface area contributed by atoms with Crippen molar-refractivity contribution >= 4 is 29.1 Å². The number of esters is 1. The third kappa shape index (κ3) is 3.94. The van der Waals surface area contributed by atoms with Crippen LogP contribution in [0.1, 0.15) is 67.0 Å². The topological polar surface area (TPSA) is 82.3 Å². The van der Waals surface area contributed by atoms with Crippen molar-refractivity contribution in [3.8, 4) is 5.75 Å². The predicted molar refractivity (Wildman–Crippen MR) is 111 cm³/mol. The van der Waals surface area contributed by atoms with Gasteiger partial charge in [0.15, 0.2) is 6.61 Å². The highest BCUT2D eigenvalue weighted by atomic mass is 32.1. The first-order chi connectivity index (χ1) is 14.1. The smallest absolute Gasteiger partial charge is 0.340 e. The molecule has 0 atom stereocenters. The molecular weight excluding hydrogens is 390 g/mol. The number of rotatable bonds is 6. The Bertz CT molecular complexity index is 1080. The molecule has 0 saturated heterocycles. The molecule has 1 fully saturated rings. The minimum atomic E-state index is -0.292. The van der Waals surface area contributed by atoms with Crippen molar-refractivity contribution < 1.29 is 18.7 Å². The first kappa shape index (κ1) is 19.7. The normalized spacial score (nSPS) is 15.0. The summed E-state index contributed by atoms with van der Waals surface area (Å²) in [6.07, 6.45) is 5.99. The molecule has 29 heavy (non-hydrogen) atoms. The zero-order valence-corrected chi connectivity index (χ0v) is 17.5. The molecule has 2 aromatic heterocycles. The number of fused-ring (bicyclic) bond motifs is 1. The van der Waals surface area contributed by atoms with Gasteiger partial charge in [-0.1, -0.05) is 19.3 Å². The number of hydrogen-bond acceptors (Lipinski definition) is 6. The highest BCUT2D eigenvalue weighted by Gasteiger charge is 2.26. The number of nitrogens with one attached hydrogen (secondary N) is 1. The number of aromatic nitrogens is 3. The number of hydrogen-bond donors (Lipinski definition) is 1. The fraction of sp³-hybridized carbons (Fsp3) is 0.476. The summed E-state index contributed by atoms with van der Waals surface area (Å²) < 4.78 is 18.7. The lowest BCUT2D eigenvalue weighted by Crippen LogP contribution is -2.15. The zero-order chi connectivity index (χ0) is 20.4. The van der Waals surface area contributed by atoms with Crippen molar-refractivity contribution in [2.75, 3.05) is 6.61 Å². The number of carbonyl (C=O) groups excluding carboxylic acids is 1. The Hall–Kier alpha value is -2.61. The Labute approximate surface area is 174 Å². The highest BCUT2D eigenvalue weighted by Crippen LogP contribution is 2.37. The van der Waals surface area contributed by atoms with Crippen LogP contribution in [0, 0.1) is 11.8 Å². The summed E-state index contributed by atoms with van der Waals surface area (Å²) in [6, 6.07) is 6.25. The number of ether oxygens (including phenoxy) is 2. The molecule has 3 aromatic rings. The lowest BCUT2D eigenvalue weighted by Gasteiger charge is -2.26. The van der Waals surface area contributed by atoms with E-state index in [9.17, 15) is 4.79 Å². The van der Waals surface area contributed by atoms with Crippen molar-refractivity contribution in [2.45, 2.75) is 58.6 Å². The van der Waals surface area contributed by atoms with Crippen LogP contribution in [-0.4, -0.2) is 27.3 Å². The first-order valence-corrected chi connectivity index (χ1v) is 10.5. The van der Waals surface area contributed by atoms with Gasteiger partial charge < -0.3 is 18.5 Å². The monoisotopic (exact) mass is 415 g/mol. The summed E-state index contributed by atoms with van der Waals surface area (Å²) in [7, 11) is 0. The Morgan fingerprint density at radius 2 is 2.14 bits per heavy atom. The van der Waals surface area contributed by atoms with Gasteiger partial charge >= 0.3 is 5.97 Å². The van der Waals surface area contributed by atoms with Crippen LogP contribution in [0.15, 0.2) is 22.6 Å². The molecule has 1 saturated carbocycles. The summed E-state index contributed by atoms with van der Waals surface area (Å²) in [4.78, 5) is 13.0. The van der Waals surface area contributed by atoms with Gasteiger partial charge in [0.05, 0.1) is 12.2 Å². The number of aromatic amines is 1. The lowest BCUT2D eigenvalue weighted by atomic mass is 9.95. The van der Waals surface area contributed by atoms with E-state index < -0.39 is 0 Å². The van der Waals surface area contributed by atoms with E-state index in [0.29, 0.717) is 29.9 Å². The van der Waals surface area contributed by atoms with E-state index in [4.69, 9.17) is 26.1 Å². The molecule has 0 unspecified atom stereocenters.